The molecule has 1 aliphatic heterocycles. The molecule has 1 atom stereocenters. The number of nitrogens with zero attached hydrogens (tertiary/aromatic N) is 1. The first-order valence-electron chi connectivity index (χ1n) is 7.62. The molecule has 0 radical (unpaired) electrons. The van der Waals surface area contributed by atoms with Gasteiger partial charge in [-0.2, -0.15) is 0 Å². The smallest absolute Gasteiger partial charge is 0.253 e. The lowest BCUT2D eigenvalue weighted by Crippen LogP contribution is -2.47. The van der Waals surface area contributed by atoms with E-state index in [1.165, 1.54) is 0 Å². The van der Waals surface area contributed by atoms with Crippen LogP contribution in [0.4, 0.5) is 0 Å². The Labute approximate surface area is 137 Å². The minimum atomic E-state index is -0.207. The number of carbonyl (C=O) groups is 1. The zero-order valence-electron chi connectivity index (χ0n) is 13.6. The third-order valence-corrected chi connectivity index (χ3v) is 4.15. The van der Waals surface area contributed by atoms with E-state index in [-0.39, 0.29) is 11.9 Å². The SMILES string of the molecule is CCN(CC)C(=O)C1=C(C)NC(=S)N[C@H]1c1cccc(C)c1. The fourth-order valence-corrected chi connectivity index (χ4v) is 3.03. The van der Waals surface area contributed by atoms with Gasteiger partial charge in [-0.3, -0.25) is 4.79 Å². The highest BCUT2D eigenvalue weighted by Gasteiger charge is 2.31. The number of hydrogen-bond acceptors (Lipinski definition) is 2. The van der Waals surface area contributed by atoms with Crippen LogP contribution in [-0.4, -0.2) is 29.0 Å². The average molecular weight is 317 g/mol. The summed E-state index contributed by atoms with van der Waals surface area (Å²) in [6, 6.07) is 7.97. The predicted octanol–water partition coefficient (Wildman–Crippen LogP) is 2.66. The Morgan fingerprint density at radius 3 is 2.55 bits per heavy atom. The molecule has 1 amide bonds. The molecule has 0 saturated carbocycles. The fourth-order valence-electron chi connectivity index (χ4n) is 2.76. The molecule has 2 N–H and O–H groups in total. The van der Waals surface area contributed by atoms with Crippen LogP contribution >= 0.6 is 12.2 Å². The third kappa shape index (κ3) is 3.30. The molecule has 4 nitrogen and oxygen atoms in total. The van der Waals surface area contributed by atoms with Crippen molar-refractivity contribution in [2.45, 2.75) is 33.7 Å². The number of benzene rings is 1. The van der Waals surface area contributed by atoms with E-state index in [2.05, 4.69) is 16.7 Å². The summed E-state index contributed by atoms with van der Waals surface area (Å²) in [6.45, 7) is 9.33. The standard InChI is InChI=1S/C17H23N3OS/c1-5-20(6-2)16(21)14-12(4)18-17(22)19-15(14)13-9-7-8-11(3)10-13/h7-10,15H,5-6H2,1-4H3,(H2,18,19,22)/t15-/m0/s1. The molecular weight excluding hydrogens is 294 g/mol. The van der Waals surface area contributed by atoms with Gasteiger partial charge in [0, 0.05) is 18.8 Å². The van der Waals surface area contributed by atoms with Crippen molar-refractivity contribution < 1.29 is 4.79 Å². The highest BCUT2D eigenvalue weighted by molar-refractivity contribution is 7.80. The summed E-state index contributed by atoms with van der Waals surface area (Å²) in [6.07, 6.45) is 0. The number of thiocarbonyl (C=S) groups is 1. The van der Waals surface area contributed by atoms with Crippen LogP contribution in [0.1, 0.15) is 37.9 Å². The van der Waals surface area contributed by atoms with Crippen LogP contribution in [0, 0.1) is 6.92 Å². The molecule has 0 aliphatic carbocycles. The summed E-state index contributed by atoms with van der Waals surface area (Å²) in [5, 5.41) is 6.88. The quantitative estimate of drug-likeness (QED) is 0.838. The van der Waals surface area contributed by atoms with Crippen LogP contribution in [-0.2, 0) is 4.79 Å². The Morgan fingerprint density at radius 1 is 1.27 bits per heavy atom. The average Bonchev–Trinajstić information content (AvgIpc) is 2.47. The van der Waals surface area contributed by atoms with Gasteiger partial charge in [-0.25, -0.2) is 0 Å². The van der Waals surface area contributed by atoms with Crippen molar-refractivity contribution in [2.75, 3.05) is 13.1 Å². The van der Waals surface area contributed by atoms with Crippen molar-refractivity contribution in [3.8, 4) is 0 Å². The molecular formula is C17H23N3OS. The van der Waals surface area contributed by atoms with Crippen molar-refractivity contribution in [3.05, 3.63) is 46.7 Å². The maximum atomic E-state index is 12.9. The van der Waals surface area contributed by atoms with E-state index >= 15 is 0 Å². The lowest BCUT2D eigenvalue weighted by Gasteiger charge is -2.33. The van der Waals surface area contributed by atoms with Crippen molar-refractivity contribution in [3.63, 3.8) is 0 Å². The van der Waals surface area contributed by atoms with Crippen molar-refractivity contribution >= 4 is 23.2 Å². The summed E-state index contributed by atoms with van der Waals surface area (Å²) in [7, 11) is 0. The Morgan fingerprint density at radius 2 is 1.95 bits per heavy atom. The second-order valence-corrected chi connectivity index (χ2v) is 5.87. The molecule has 0 saturated heterocycles. The Bertz CT molecular complexity index is 620. The molecule has 5 heteroatoms. The van der Waals surface area contributed by atoms with E-state index in [9.17, 15) is 4.79 Å². The van der Waals surface area contributed by atoms with Crippen LogP contribution in [0.25, 0.3) is 0 Å². The number of carbonyl (C=O) groups excluding carboxylic acids is 1. The van der Waals surface area contributed by atoms with E-state index in [0.29, 0.717) is 18.2 Å². The highest BCUT2D eigenvalue weighted by atomic mass is 32.1. The van der Waals surface area contributed by atoms with Gasteiger partial charge in [0.1, 0.15) is 0 Å². The minimum Gasteiger partial charge on any atom is -0.351 e. The number of likely N-dealkylation sites (N-methyl/N-ethyl adjacent to an activating group) is 1. The Hall–Kier alpha value is -1.88. The number of rotatable bonds is 4. The van der Waals surface area contributed by atoms with E-state index in [1.807, 2.05) is 50.8 Å². The van der Waals surface area contributed by atoms with Gasteiger partial charge in [0.15, 0.2) is 5.11 Å². The molecule has 0 fully saturated rings. The monoisotopic (exact) mass is 317 g/mol. The van der Waals surface area contributed by atoms with Crippen molar-refractivity contribution in [1.82, 2.24) is 15.5 Å². The number of hydrogen-bond donors (Lipinski definition) is 2. The number of aryl methyl sites for hydroxylation is 1. The maximum absolute atomic E-state index is 12.9. The van der Waals surface area contributed by atoms with Gasteiger partial charge in [-0.15, -0.1) is 0 Å². The number of amides is 1. The highest BCUT2D eigenvalue weighted by Crippen LogP contribution is 2.28. The third-order valence-electron chi connectivity index (χ3n) is 3.93. The van der Waals surface area contributed by atoms with Gasteiger partial charge < -0.3 is 15.5 Å². The summed E-state index contributed by atoms with van der Waals surface area (Å²) in [4.78, 5) is 14.7. The summed E-state index contributed by atoms with van der Waals surface area (Å²) >= 11 is 5.27. The van der Waals surface area contributed by atoms with Gasteiger partial charge in [-0.05, 0) is 45.5 Å². The van der Waals surface area contributed by atoms with E-state index in [0.717, 1.165) is 22.4 Å². The van der Waals surface area contributed by atoms with Crippen LogP contribution in [0.2, 0.25) is 0 Å². The molecule has 2 rings (SSSR count). The Kier molecular flexibility index (Phi) is 5.19. The molecule has 118 valence electrons. The maximum Gasteiger partial charge on any atom is 0.253 e. The van der Waals surface area contributed by atoms with E-state index in [4.69, 9.17) is 12.2 Å². The van der Waals surface area contributed by atoms with Crippen LogP contribution in [0.3, 0.4) is 0 Å². The number of allylic oxidation sites excluding steroid dienone is 1. The van der Waals surface area contributed by atoms with Gasteiger partial charge in [0.2, 0.25) is 0 Å². The second kappa shape index (κ2) is 6.92. The molecule has 1 aromatic carbocycles. The molecule has 0 spiro atoms. The van der Waals surface area contributed by atoms with E-state index < -0.39 is 0 Å². The first-order chi connectivity index (χ1) is 10.5. The van der Waals surface area contributed by atoms with Crippen LogP contribution < -0.4 is 10.6 Å². The zero-order valence-corrected chi connectivity index (χ0v) is 14.4. The first kappa shape index (κ1) is 16.5. The summed E-state index contributed by atoms with van der Waals surface area (Å²) in [5.74, 6) is 0.0523. The van der Waals surface area contributed by atoms with E-state index in [1.54, 1.807) is 0 Å². The summed E-state index contributed by atoms with van der Waals surface area (Å²) < 4.78 is 0. The lowest BCUT2D eigenvalue weighted by molar-refractivity contribution is -0.127. The minimum absolute atomic E-state index is 0.0523. The fraction of sp³-hybridized carbons (Fsp3) is 0.412. The molecule has 22 heavy (non-hydrogen) atoms. The second-order valence-electron chi connectivity index (χ2n) is 5.46. The number of nitrogens with one attached hydrogen (secondary N) is 2. The van der Waals surface area contributed by atoms with Crippen molar-refractivity contribution in [1.29, 1.82) is 0 Å². The Balaban J connectivity index is 2.47. The lowest BCUT2D eigenvalue weighted by atomic mass is 9.93. The van der Waals surface area contributed by atoms with Crippen LogP contribution in [0.5, 0.6) is 0 Å². The molecule has 1 heterocycles. The molecule has 0 aromatic heterocycles. The zero-order chi connectivity index (χ0) is 16.3. The van der Waals surface area contributed by atoms with Gasteiger partial charge in [0.05, 0.1) is 11.6 Å². The van der Waals surface area contributed by atoms with Gasteiger partial charge >= 0.3 is 0 Å². The normalized spacial score (nSPS) is 17.8. The van der Waals surface area contributed by atoms with Crippen molar-refractivity contribution in [2.24, 2.45) is 0 Å². The molecule has 0 unspecified atom stereocenters. The predicted molar refractivity (Wildman–Crippen MR) is 93.4 cm³/mol. The topological polar surface area (TPSA) is 44.4 Å². The first-order valence-corrected chi connectivity index (χ1v) is 8.02. The molecule has 1 aromatic rings. The molecule has 1 aliphatic rings. The largest absolute Gasteiger partial charge is 0.351 e. The van der Waals surface area contributed by atoms with Gasteiger partial charge in [0.25, 0.3) is 5.91 Å². The molecule has 0 bridgehead atoms. The summed E-state index contributed by atoms with van der Waals surface area (Å²) in [5.41, 5.74) is 3.78. The van der Waals surface area contributed by atoms with Gasteiger partial charge in [-0.1, -0.05) is 29.8 Å². The van der Waals surface area contributed by atoms with Crippen LogP contribution in [0.15, 0.2) is 35.5 Å².